The molecular weight excluding hydrogens is 382 g/mol. The lowest BCUT2D eigenvalue weighted by molar-refractivity contribution is -0.384. The maximum Gasteiger partial charge on any atom is 0.416 e. The van der Waals surface area contributed by atoms with Gasteiger partial charge in [0.15, 0.2) is 0 Å². The van der Waals surface area contributed by atoms with Crippen LogP contribution in [0.4, 0.5) is 28.9 Å². The molecule has 2 N–H and O–H groups in total. The van der Waals surface area contributed by atoms with Crippen molar-refractivity contribution in [1.82, 2.24) is 5.43 Å². The van der Waals surface area contributed by atoms with E-state index in [1.54, 1.807) is 0 Å². The summed E-state index contributed by atoms with van der Waals surface area (Å²) >= 11 is 5.78. The Morgan fingerprint density at radius 2 is 1.92 bits per heavy atom. The summed E-state index contributed by atoms with van der Waals surface area (Å²) in [5, 5.41) is 11.0. The van der Waals surface area contributed by atoms with Gasteiger partial charge in [-0.05, 0) is 24.3 Å². The maximum atomic E-state index is 13.6. The molecule has 2 aromatic carbocycles. The van der Waals surface area contributed by atoms with Crippen molar-refractivity contribution in [3.63, 3.8) is 0 Å². The smallest absolute Gasteiger partial charge is 0.292 e. The first-order chi connectivity index (χ1) is 12.1. The summed E-state index contributed by atoms with van der Waals surface area (Å²) in [5.74, 6) is -1.51. The Morgan fingerprint density at radius 1 is 1.23 bits per heavy atom. The van der Waals surface area contributed by atoms with E-state index in [4.69, 9.17) is 11.6 Å². The molecule has 0 spiro atoms. The van der Waals surface area contributed by atoms with Gasteiger partial charge >= 0.3 is 6.18 Å². The van der Waals surface area contributed by atoms with E-state index < -0.39 is 40.5 Å². The fourth-order valence-electron chi connectivity index (χ4n) is 2.01. The molecule has 0 atom stereocenters. The number of benzene rings is 2. The SMILES string of the molecule is O=C(Cc1c(F)cccc1Cl)NNc1ccc(C(F)(F)F)cc1[N+](=O)[O-]. The molecule has 0 saturated carbocycles. The second kappa shape index (κ2) is 7.56. The van der Waals surface area contributed by atoms with Crippen LogP contribution in [-0.4, -0.2) is 10.8 Å². The highest BCUT2D eigenvalue weighted by Crippen LogP contribution is 2.34. The van der Waals surface area contributed by atoms with E-state index in [-0.39, 0.29) is 16.3 Å². The number of hydrogen-bond acceptors (Lipinski definition) is 4. The highest BCUT2D eigenvalue weighted by molar-refractivity contribution is 6.31. The number of anilines is 1. The molecule has 0 aromatic heterocycles. The zero-order valence-electron chi connectivity index (χ0n) is 12.7. The minimum atomic E-state index is -4.76. The molecular formula is C15H10ClF4N3O3. The zero-order chi connectivity index (χ0) is 19.5. The largest absolute Gasteiger partial charge is 0.416 e. The number of alkyl halides is 3. The summed E-state index contributed by atoms with van der Waals surface area (Å²) in [7, 11) is 0. The summed E-state index contributed by atoms with van der Waals surface area (Å²) in [6, 6.07) is 5.58. The number of nitro benzene ring substituents is 1. The molecule has 0 unspecified atom stereocenters. The second-order valence-corrected chi connectivity index (χ2v) is 5.44. The van der Waals surface area contributed by atoms with E-state index in [1.165, 1.54) is 12.1 Å². The van der Waals surface area contributed by atoms with Crippen molar-refractivity contribution in [2.75, 3.05) is 5.43 Å². The molecule has 2 rings (SSSR count). The third kappa shape index (κ3) is 4.60. The van der Waals surface area contributed by atoms with Gasteiger partial charge in [-0.3, -0.25) is 25.8 Å². The second-order valence-electron chi connectivity index (χ2n) is 5.04. The Morgan fingerprint density at radius 3 is 2.50 bits per heavy atom. The van der Waals surface area contributed by atoms with Crippen LogP contribution in [0.25, 0.3) is 0 Å². The highest BCUT2D eigenvalue weighted by atomic mass is 35.5. The van der Waals surface area contributed by atoms with Crippen LogP contribution < -0.4 is 10.9 Å². The molecule has 2 aromatic rings. The molecule has 0 bridgehead atoms. The summed E-state index contributed by atoms with van der Waals surface area (Å²) in [6.07, 6.45) is -5.24. The van der Waals surface area contributed by atoms with Crippen molar-refractivity contribution in [2.45, 2.75) is 12.6 Å². The molecule has 0 fully saturated rings. The van der Waals surface area contributed by atoms with Crippen molar-refractivity contribution < 1.29 is 27.3 Å². The lowest BCUT2D eigenvalue weighted by Gasteiger charge is -2.12. The third-order valence-electron chi connectivity index (χ3n) is 3.26. The molecule has 0 aliphatic heterocycles. The van der Waals surface area contributed by atoms with Crippen molar-refractivity contribution >= 4 is 28.9 Å². The Hall–Kier alpha value is -2.88. The average molecular weight is 392 g/mol. The number of carbonyl (C=O) groups excluding carboxylic acids is 1. The molecule has 0 heterocycles. The monoisotopic (exact) mass is 391 g/mol. The zero-order valence-corrected chi connectivity index (χ0v) is 13.5. The Bertz CT molecular complexity index is 838. The molecule has 0 aliphatic carbocycles. The molecule has 26 heavy (non-hydrogen) atoms. The maximum absolute atomic E-state index is 13.6. The van der Waals surface area contributed by atoms with E-state index in [0.717, 1.165) is 12.1 Å². The number of rotatable bonds is 5. The molecule has 0 saturated heterocycles. The van der Waals surface area contributed by atoms with Gasteiger partial charge in [-0.2, -0.15) is 13.2 Å². The van der Waals surface area contributed by atoms with Gasteiger partial charge in [0.25, 0.3) is 5.69 Å². The molecule has 11 heteroatoms. The normalized spacial score (nSPS) is 11.1. The van der Waals surface area contributed by atoms with Gasteiger partial charge in [0, 0.05) is 16.7 Å². The number of hydrazine groups is 1. The van der Waals surface area contributed by atoms with Crippen LogP contribution in [-0.2, 0) is 17.4 Å². The van der Waals surface area contributed by atoms with E-state index in [9.17, 15) is 32.5 Å². The van der Waals surface area contributed by atoms with Gasteiger partial charge in [-0.25, -0.2) is 4.39 Å². The first kappa shape index (κ1) is 19.4. The minimum absolute atomic E-state index is 0.0145. The number of hydrogen-bond donors (Lipinski definition) is 2. The summed E-state index contributed by atoms with van der Waals surface area (Å²) in [4.78, 5) is 21.8. The van der Waals surface area contributed by atoms with E-state index in [2.05, 4.69) is 10.9 Å². The van der Waals surface area contributed by atoms with E-state index in [1.807, 2.05) is 0 Å². The third-order valence-corrected chi connectivity index (χ3v) is 3.61. The fraction of sp³-hybridized carbons (Fsp3) is 0.133. The van der Waals surface area contributed by atoms with Crippen molar-refractivity contribution in [3.05, 3.63) is 68.5 Å². The molecule has 1 amide bonds. The van der Waals surface area contributed by atoms with E-state index in [0.29, 0.717) is 12.1 Å². The topological polar surface area (TPSA) is 84.3 Å². The number of nitrogens with zero attached hydrogens (tertiary/aromatic N) is 1. The van der Waals surface area contributed by atoms with Crippen molar-refractivity contribution in [3.8, 4) is 0 Å². The minimum Gasteiger partial charge on any atom is -0.292 e. The fourth-order valence-corrected chi connectivity index (χ4v) is 2.24. The van der Waals surface area contributed by atoms with Crippen molar-refractivity contribution in [1.29, 1.82) is 0 Å². The molecule has 0 radical (unpaired) electrons. The molecule has 6 nitrogen and oxygen atoms in total. The quantitative estimate of drug-likeness (QED) is 0.457. The summed E-state index contributed by atoms with van der Waals surface area (Å²) < 4.78 is 51.5. The van der Waals surface area contributed by atoms with Gasteiger partial charge in [-0.15, -0.1) is 0 Å². The van der Waals surface area contributed by atoms with Crippen LogP contribution in [0.2, 0.25) is 5.02 Å². The van der Waals surface area contributed by atoms with Gasteiger partial charge in [0.2, 0.25) is 5.91 Å². The van der Waals surface area contributed by atoms with Gasteiger partial charge < -0.3 is 0 Å². The Kier molecular flexibility index (Phi) is 5.66. The Labute approximate surface area is 148 Å². The highest BCUT2D eigenvalue weighted by Gasteiger charge is 2.33. The first-order valence-corrected chi connectivity index (χ1v) is 7.30. The van der Waals surface area contributed by atoms with Gasteiger partial charge in [0.05, 0.1) is 16.9 Å². The Balaban J connectivity index is 2.14. The van der Waals surface area contributed by atoms with Crippen LogP contribution in [0.1, 0.15) is 11.1 Å². The molecule has 0 aliphatic rings. The van der Waals surface area contributed by atoms with Crippen LogP contribution >= 0.6 is 11.6 Å². The van der Waals surface area contributed by atoms with Crippen molar-refractivity contribution in [2.24, 2.45) is 0 Å². The van der Waals surface area contributed by atoms with E-state index >= 15 is 0 Å². The molecule has 138 valence electrons. The predicted octanol–water partition coefficient (Wildman–Crippen LogP) is 4.09. The van der Waals surface area contributed by atoms with Crippen LogP contribution in [0.15, 0.2) is 36.4 Å². The first-order valence-electron chi connectivity index (χ1n) is 6.93. The van der Waals surface area contributed by atoms with Gasteiger partial charge in [0.1, 0.15) is 11.5 Å². The lowest BCUT2D eigenvalue weighted by atomic mass is 10.1. The lowest BCUT2D eigenvalue weighted by Crippen LogP contribution is -2.31. The van der Waals surface area contributed by atoms with Crippen LogP contribution in [0.3, 0.4) is 0 Å². The van der Waals surface area contributed by atoms with Crippen LogP contribution in [0.5, 0.6) is 0 Å². The average Bonchev–Trinajstić information content (AvgIpc) is 2.55. The number of halogens is 5. The standard InChI is InChI=1S/C15H10ClF4N3O3/c16-10-2-1-3-11(17)9(10)7-14(24)22-21-12-5-4-8(15(18,19)20)6-13(12)23(25)26/h1-6,21H,7H2,(H,22,24). The summed E-state index contributed by atoms with van der Waals surface area (Å²) in [5.41, 5.74) is 1.67. The predicted molar refractivity (Wildman–Crippen MR) is 85.0 cm³/mol. The van der Waals surface area contributed by atoms with Crippen LogP contribution in [0, 0.1) is 15.9 Å². The van der Waals surface area contributed by atoms with Gasteiger partial charge in [-0.1, -0.05) is 17.7 Å². The number of nitrogens with one attached hydrogen (secondary N) is 2. The summed E-state index contributed by atoms with van der Waals surface area (Å²) in [6.45, 7) is 0. The number of nitro groups is 1. The number of amides is 1. The number of carbonyl (C=O) groups is 1.